The lowest BCUT2D eigenvalue weighted by Gasteiger charge is -2.28. The van der Waals surface area contributed by atoms with E-state index >= 15 is 0 Å². The van der Waals surface area contributed by atoms with Crippen molar-refractivity contribution in [2.24, 2.45) is 0 Å². The van der Waals surface area contributed by atoms with Crippen molar-refractivity contribution in [2.45, 2.75) is 32.1 Å². The normalized spacial score (nSPS) is 18.4. The molecule has 1 aromatic carbocycles. The number of alkyl halides is 3. The van der Waals surface area contributed by atoms with Crippen LogP contribution in [0, 0.1) is 0 Å². The van der Waals surface area contributed by atoms with E-state index in [-0.39, 0.29) is 6.54 Å². The standard InChI is InChI=1S/C13H13F3N2O2/c1-12(2)10(19)17-11(20)18(12)7-8-3-5-9(6-4-8)13(14,15)16/h3-6H,7H2,1-2H3,(H,17,19,20). The van der Waals surface area contributed by atoms with Gasteiger partial charge in [0.25, 0.3) is 5.91 Å². The molecule has 0 saturated carbocycles. The van der Waals surface area contributed by atoms with Crippen LogP contribution in [-0.2, 0) is 17.5 Å². The highest BCUT2D eigenvalue weighted by Crippen LogP contribution is 2.30. The number of halogens is 3. The topological polar surface area (TPSA) is 49.4 Å². The van der Waals surface area contributed by atoms with E-state index in [1.165, 1.54) is 17.0 Å². The number of nitrogens with zero attached hydrogens (tertiary/aromatic N) is 1. The summed E-state index contributed by atoms with van der Waals surface area (Å²) in [5.41, 5.74) is -1.24. The minimum atomic E-state index is -4.39. The Labute approximate surface area is 113 Å². The summed E-state index contributed by atoms with van der Waals surface area (Å²) in [6, 6.07) is 3.97. The van der Waals surface area contributed by atoms with Gasteiger partial charge in [-0.1, -0.05) is 12.1 Å². The van der Waals surface area contributed by atoms with Crippen molar-refractivity contribution in [1.82, 2.24) is 10.2 Å². The minimum absolute atomic E-state index is 0.0721. The Morgan fingerprint density at radius 2 is 1.70 bits per heavy atom. The molecular formula is C13H13F3N2O2. The van der Waals surface area contributed by atoms with Crippen LogP contribution in [0.1, 0.15) is 25.0 Å². The zero-order valence-corrected chi connectivity index (χ0v) is 10.9. The number of benzene rings is 1. The average molecular weight is 286 g/mol. The number of amides is 3. The predicted octanol–water partition coefficient (Wildman–Crippen LogP) is 2.54. The first-order valence-electron chi connectivity index (χ1n) is 5.91. The van der Waals surface area contributed by atoms with E-state index in [1.807, 2.05) is 0 Å². The number of rotatable bonds is 2. The smallest absolute Gasteiger partial charge is 0.306 e. The number of nitrogens with one attached hydrogen (secondary N) is 1. The van der Waals surface area contributed by atoms with Crippen molar-refractivity contribution < 1.29 is 22.8 Å². The summed E-state index contributed by atoms with van der Waals surface area (Å²) in [7, 11) is 0. The maximum absolute atomic E-state index is 12.4. The molecule has 1 N–H and O–H groups in total. The maximum atomic E-state index is 12.4. The summed E-state index contributed by atoms with van der Waals surface area (Å²) in [6.07, 6.45) is -4.39. The molecule has 0 unspecified atom stereocenters. The molecule has 0 spiro atoms. The van der Waals surface area contributed by atoms with Crippen molar-refractivity contribution in [2.75, 3.05) is 0 Å². The number of urea groups is 1. The molecule has 3 amide bonds. The molecule has 2 rings (SSSR count). The van der Waals surface area contributed by atoms with Crippen molar-refractivity contribution in [3.05, 3.63) is 35.4 Å². The Kier molecular flexibility index (Phi) is 3.23. The fourth-order valence-corrected chi connectivity index (χ4v) is 1.95. The third kappa shape index (κ3) is 2.48. The molecule has 0 aliphatic carbocycles. The van der Waals surface area contributed by atoms with Gasteiger partial charge in [-0.05, 0) is 31.5 Å². The van der Waals surface area contributed by atoms with Gasteiger partial charge in [-0.3, -0.25) is 10.1 Å². The fraction of sp³-hybridized carbons (Fsp3) is 0.385. The first-order valence-corrected chi connectivity index (χ1v) is 5.91. The second kappa shape index (κ2) is 4.50. The zero-order chi connectivity index (χ0) is 15.1. The number of hydrogen-bond acceptors (Lipinski definition) is 2. The van der Waals surface area contributed by atoms with Crippen LogP contribution in [0.25, 0.3) is 0 Å². The zero-order valence-electron chi connectivity index (χ0n) is 10.9. The Hall–Kier alpha value is -2.05. The number of imide groups is 1. The van der Waals surface area contributed by atoms with Gasteiger partial charge in [0.2, 0.25) is 0 Å². The lowest BCUT2D eigenvalue weighted by Crippen LogP contribution is -2.43. The Morgan fingerprint density at radius 3 is 2.10 bits per heavy atom. The van der Waals surface area contributed by atoms with Gasteiger partial charge in [-0.15, -0.1) is 0 Å². The highest BCUT2D eigenvalue weighted by atomic mass is 19.4. The minimum Gasteiger partial charge on any atom is -0.306 e. The van der Waals surface area contributed by atoms with E-state index < -0.39 is 29.2 Å². The first kappa shape index (κ1) is 14.4. The summed E-state index contributed by atoms with van der Waals surface area (Å²) < 4.78 is 37.3. The van der Waals surface area contributed by atoms with Gasteiger partial charge in [0.05, 0.1) is 5.56 Å². The van der Waals surface area contributed by atoms with Gasteiger partial charge in [-0.2, -0.15) is 13.2 Å². The van der Waals surface area contributed by atoms with Gasteiger partial charge in [-0.25, -0.2) is 4.79 Å². The quantitative estimate of drug-likeness (QED) is 0.849. The van der Waals surface area contributed by atoms with Gasteiger partial charge in [0.15, 0.2) is 0 Å². The van der Waals surface area contributed by atoms with E-state index in [9.17, 15) is 22.8 Å². The molecule has 0 radical (unpaired) electrons. The Bertz CT molecular complexity index is 550. The van der Waals surface area contributed by atoms with E-state index in [0.717, 1.165) is 12.1 Å². The summed E-state index contributed by atoms with van der Waals surface area (Å²) in [6.45, 7) is 3.23. The molecule has 1 aliphatic rings. The van der Waals surface area contributed by atoms with E-state index in [4.69, 9.17) is 0 Å². The highest BCUT2D eigenvalue weighted by Gasteiger charge is 2.45. The lowest BCUT2D eigenvalue weighted by atomic mass is 10.0. The van der Waals surface area contributed by atoms with Crippen molar-refractivity contribution >= 4 is 11.9 Å². The molecule has 7 heteroatoms. The molecule has 4 nitrogen and oxygen atoms in total. The monoisotopic (exact) mass is 286 g/mol. The van der Waals surface area contributed by atoms with Crippen LogP contribution in [0.5, 0.6) is 0 Å². The molecule has 0 aromatic heterocycles. The fourth-order valence-electron chi connectivity index (χ4n) is 1.95. The summed E-state index contributed by atoms with van der Waals surface area (Å²) in [5.74, 6) is -0.422. The van der Waals surface area contributed by atoms with Gasteiger partial charge >= 0.3 is 12.2 Å². The van der Waals surface area contributed by atoms with Crippen molar-refractivity contribution in [3.63, 3.8) is 0 Å². The average Bonchev–Trinajstić information content (AvgIpc) is 2.52. The van der Waals surface area contributed by atoms with Crippen molar-refractivity contribution in [1.29, 1.82) is 0 Å². The Balaban J connectivity index is 2.19. The van der Waals surface area contributed by atoms with E-state index in [1.54, 1.807) is 13.8 Å². The SMILES string of the molecule is CC1(C)C(=O)NC(=O)N1Cc1ccc(C(F)(F)F)cc1. The first-order chi connectivity index (χ1) is 9.12. The number of hydrogen-bond donors (Lipinski definition) is 1. The third-order valence-electron chi connectivity index (χ3n) is 3.32. The summed E-state index contributed by atoms with van der Waals surface area (Å²) >= 11 is 0. The van der Waals surface area contributed by atoms with E-state index in [0.29, 0.717) is 5.56 Å². The largest absolute Gasteiger partial charge is 0.416 e. The number of carbonyl (C=O) groups is 2. The molecular weight excluding hydrogens is 273 g/mol. The molecule has 1 heterocycles. The van der Waals surface area contributed by atoms with Crippen LogP contribution in [0.15, 0.2) is 24.3 Å². The van der Waals surface area contributed by atoms with Crippen LogP contribution in [0.2, 0.25) is 0 Å². The molecule has 20 heavy (non-hydrogen) atoms. The van der Waals surface area contributed by atoms with Gasteiger partial charge < -0.3 is 4.90 Å². The van der Waals surface area contributed by atoms with E-state index in [2.05, 4.69) is 5.32 Å². The maximum Gasteiger partial charge on any atom is 0.416 e. The lowest BCUT2D eigenvalue weighted by molar-refractivity contribution is -0.137. The highest BCUT2D eigenvalue weighted by molar-refractivity contribution is 6.06. The molecule has 1 saturated heterocycles. The van der Waals surface area contributed by atoms with Crippen LogP contribution >= 0.6 is 0 Å². The number of carbonyl (C=O) groups excluding carboxylic acids is 2. The van der Waals surface area contributed by atoms with Crippen LogP contribution < -0.4 is 5.32 Å². The summed E-state index contributed by atoms with van der Waals surface area (Å²) in [5, 5.41) is 2.18. The van der Waals surface area contributed by atoms with Crippen LogP contribution in [-0.4, -0.2) is 22.4 Å². The predicted molar refractivity (Wildman–Crippen MR) is 64.6 cm³/mol. The Morgan fingerprint density at radius 1 is 1.15 bits per heavy atom. The second-order valence-electron chi connectivity index (χ2n) is 5.10. The second-order valence-corrected chi connectivity index (χ2v) is 5.10. The third-order valence-corrected chi connectivity index (χ3v) is 3.32. The van der Waals surface area contributed by atoms with Gasteiger partial charge in [0, 0.05) is 6.54 Å². The molecule has 1 aromatic rings. The molecule has 0 atom stereocenters. The van der Waals surface area contributed by atoms with Crippen molar-refractivity contribution in [3.8, 4) is 0 Å². The molecule has 1 fully saturated rings. The van der Waals surface area contributed by atoms with Crippen LogP contribution in [0.3, 0.4) is 0 Å². The molecule has 108 valence electrons. The summed E-state index contributed by atoms with van der Waals surface area (Å²) in [4.78, 5) is 24.5. The van der Waals surface area contributed by atoms with Gasteiger partial charge in [0.1, 0.15) is 5.54 Å². The molecule has 0 bridgehead atoms. The molecule has 1 aliphatic heterocycles. The van der Waals surface area contributed by atoms with Crippen LogP contribution in [0.4, 0.5) is 18.0 Å².